The highest BCUT2D eigenvalue weighted by Crippen LogP contribution is 2.27. The molecular formula is C18H15F3N4OS. The number of nitrogens with zero attached hydrogens (tertiary/aromatic N) is 3. The van der Waals surface area contributed by atoms with E-state index in [1.165, 1.54) is 11.3 Å². The summed E-state index contributed by atoms with van der Waals surface area (Å²) < 4.78 is 37.6. The molecule has 0 fully saturated rings. The predicted molar refractivity (Wildman–Crippen MR) is 95.2 cm³/mol. The van der Waals surface area contributed by atoms with Crippen molar-refractivity contribution in [3.63, 3.8) is 0 Å². The minimum atomic E-state index is -4.60. The van der Waals surface area contributed by atoms with Crippen LogP contribution in [-0.2, 0) is 6.18 Å². The molecule has 9 heteroatoms. The molecule has 0 saturated carbocycles. The summed E-state index contributed by atoms with van der Waals surface area (Å²) >= 11 is 1.52. The van der Waals surface area contributed by atoms with E-state index in [-0.39, 0.29) is 5.91 Å². The topological polar surface area (TPSA) is 67.8 Å². The first-order chi connectivity index (χ1) is 12.7. The van der Waals surface area contributed by atoms with E-state index >= 15 is 0 Å². The Kier molecular flexibility index (Phi) is 5.22. The molecule has 140 valence electrons. The van der Waals surface area contributed by atoms with Gasteiger partial charge < -0.3 is 5.32 Å². The summed E-state index contributed by atoms with van der Waals surface area (Å²) in [5, 5.41) is 3.55. The zero-order valence-corrected chi connectivity index (χ0v) is 15.2. The number of hydrogen-bond donors (Lipinski definition) is 1. The highest BCUT2D eigenvalue weighted by Gasteiger charge is 2.34. The predicted octanol–water partition coefficient (Wildman–Crippen LogP) is 4.42. The molecule has 27 heavy (non-hydrogen) atoms. The fourth-order valence-electron chi connectivity index (χ4n) is 2.35. The molecule has 0 aliphatic rings. The summed E-state index contributed by atoms with van der Waals surface area (Å²) in [4.78, 5) is 24.5. The number of aryl methyl sites for hydroxylation is 1. The first kappa shape index (κ1) is 19.0. The van der Waals surface area contributed by atoms with Crippen molar-refractivity contribution in [3.05, 3.63) is 64.7 Å². The van der Waals surface area contributed by atoms with E-state index in [0.29, 0.717) is 11.1 Å². The lowest BCUT2D eigenvalue weighted by Gasteiger charge is -2.14. The molecule has 5 nitrogen and oxygen atoms in total. The summed E-state index contributed by atoms with van der Waals surface area (Å²) in [5.74, 6) is -1.56. The minimum Gasteiger partial charge on any atom is -0.345 e. The van der Waals surface area contributed by atoms with Crippen LogP contribution in [0.2, 0.25) is 0 Å². The molecule has 3 rings (SSSR count). The van der Waals surface area contributed by atoms with Gasteiger partial charge in [-0.3, -0.25) is 4.79 Å². The number of carbonyl (C=O) groups is 1. The second-order valence-electron chi connectivity index (χ2n) is 5.89. The Morgan fingerprint density at radius 3 is 2.44 bits per heavy atom. The molecular weight excluding hydrogens is 377 g/mol. The molecule has 2 heterocycles. The largest absolute Gasteiger partial charge is 0.451 e. The fourth-order valence-corrected chi connectivity index (χ4v) is 3.11. The number of amides is 1. The Hall–Kier alpha value is -2.81. The highest BCUT2D eigenvalue weighted by atomic mass is 32.1. The minimum absolute atomic E-state index is 0.350. The van der Waals surface area contributed by atoms with Crippen molar-refractivity contribution < 1.29 is 18.0 Å². The number of halogens is 3. The zero-order chi connectivity index (χ0) is 19.6. The molecule has 1 N–H and O–H groups in total. The van der Waals surface area contributed by atoms with Gasteiger partial charge in [-0.25, -0.2) is 15.0 Å². The van der Waals surface area contributed by atoms with Gasteiger partial charge in [0, 0.05) is 40.2 Å². The van der Waals surface area contributed by atoms with Gasteiger partial charge in [0.05, 0.1) is 6.04 Å². The van der Waals surface area contributed by atoms with E-state index in [4.69, 9.17) is 0 Å². The van der Waals surface area contributed by atoms with Crippen LogP contribution in [0.15, 0.2) is 42.9 Å². The van der Waals surface area contributed by atoms with Crippen LogP contribution in [0.4, 0.5) is 13.2 Å². The molecule has 1 aromatic carbocycles. The fraction of sp³-hybridized carbons (Fsp3) is 0.222. The lowest BCUT2D eigenvalue weighted by Crippen LogP contribution is -2.27. The molecule has 3 aromatic rings. The highest BCUT2D eigenvalue weighted by molar-refractivity contribution is 7.14. The molecule has 2 aromatic heterocycles. The molecule has 1 amide bonds. The van der Waals surface area contributed by atoms with Gasteiger partial charge in [0.2, 0.25) is 5.82 Å². The van der Waals surface area contributed by atoms with Crippen LogP contribution in [0.25, 0.3) is 10.6 Å². The average Bonchev–Trinajstić information content (AvgIpc) is 3.07. The number of alkyl halides is 3. The van der Waals surface area contributed by atoms with Crippen LogP contribution in [-0.4, -0.2) is 20.9 Å². The van der Waals surface area contributed by atoms with Crippen molar-refractivity contribution in [2.24, 2.45) is 0 Å². The lowest BCUT2D eigenvalue weighted by atomic mass is 10.1. The lowest BCUT2D eigenvalue weighted by molar-refractivity contribution is -0.145. The summed E-state index contributed by atoms with van der Waals surface area (Å²) in [6.45, 7) is 3.60. The number of thiazole rings is 1. The van der Waals surface area contributed by atoms with Gasteiger partial charge in [0.15, 0.2) is 0 Å². The third kappa shape index (κ3) is 4.48. The van der Waals surface area contributed by atoms with E-state index in [1.54, 1.807) is 31.3 Å². The number of nitrogens with one attached hydrogen (secondary N) is 1. The van der Waals surface area contributed by atoms with Crippen LogP contribution in [0, 0.1) is 6.92 Å². The van der Waals surface area contributed by atoms with E-state index in [9.17, 15) is 18.0 Å². The molecule has 0 radical (unpaired) electrons. The van der Waals surface area contributed by atoms with Crippen molar-refractivity contribution >= 4 is 17.2 Å². The van der Waals surface area contributed by atoms with Crippen LogP contribution >= 0.6 is 11.3 Å². The summed E-state index contributed by atoms with van der Waals surface area (Å²) in [7, 11) is 0. The summed E-state index contributed by atoms with van der Waals surface area (Å²) in [6, 6.07) is 6.46. The van der Waals surface area contributed by atoms with Crippen LogP contribution < -0.4 is 5.32 Å². The van der Waals surface area contributed by atoms with Gasteiger partial charge in [-0.05, 0) is 26.0 Å². The average molecular weight is 392 g/mol. The molecule has 1 atom stereocenters. The maximum absolute atomic E-state index is 12.5. The Morgan fingerprint density at radius 1 is 1.15 bits per heavy atom. The quantitative estimate of drug-likeness (QED) is 0.714. The third-order valence-corrected chi connectivity index (χ3v) is 4.73. The van der Waals surface area contributed by atoms with Crippen molar-refractivity contribution in [1.82, 2.24) is 20.3 Å². The van der Waals surface area contributed by atoms with Gasteiger partial charge in [0.1, 0.15) is 5.01 Å². The van der Waals surface area contributed by atoms with Crippen molar-refractivity contribution in [3.8, 4) is 10.6 Å². The molecule has 0 spiro atoms. The number of hydrogen-bond acceptors (Lipinski definition) is 5. The van der Waals surface area contributed by atoms with E-state index in [0.717, 1.165) is 27.8 Å². The van der Waals surface area contributed by atoms with E-state index in [1.807, 2.05) is 13.0 Å². The maximum atomic E-state index is 12.5. The number of aromatic nitrogens is 3. The maximum Gasteiger partial charge on any atom is 0.451 e. The Labute approximate surface area is 157 Å². The first-order valence-electron chi connectivity index (χ1n) is 7.97. The van der Waals surface area contributed by atoms with Crippen molar-refractivity contribution in [2.75, 3.05) is 0 Å². The second-order valence-corrected chi connectivity index (χ2v) is 7.12. The summed E-state index contributed by atoms with van der Waals surface area (Å²) in [6.07, 6.45) is -0.704. The summed E-state index contributed by atoms with van der Waals surface area (Å²) in [5.41, 5.74) is 1.63. The smallest absolute Gasteiger partial charge is 0.345 e. The monoisotopic (exact) mass is 392 g/mol. The molecule has 0 aliphatic carbocycles. The van der Waals surface area contributed by atoms with Crippen molar-refractivity contribution in [2.45, 2.75) is 26.1 Å². The van der Waals surface area contributed by atoms with Gasteiger partial charge in [-0.1, -0.05) is 12.1 Å². The van der Waals surface area contributed by atoms with Gasteiger partial charge in [-0.2, -0.15) is 13.2 Å². The molecule has 0 bridgehead atoms. The number of benzene rings is 1. The molecule has 0 saturated heterocycles. The van der Waals surface area contributed by atoms with Crippen LogP contribution in [0.5, 0.6) is 0 Å². The van der Waals surface area contributed by atoms with Gasteiger partial charge in [0.25, 0.3) is 5.91 Å². The van der Waals surface area contributed by atoms with Crippen molar-refractivity contribution in [1.29, 1.82) is 0 Å². The van der Waals surface area contributed by atoms with E-state index < -0.39 is 18.0 Å². The number of carbonyl (C=O) groups excluding carboxylic acids is 1. The molecule has 0 aliphatic heterocycles. The second kappa shape index (κ2) is 7.43. The first-order valence-corrected chi connectivity index (χ1v) is 8.78. The normalized spacial score (nSPS) is 12.6. The van der Waals surface area contributed by atoms with Crippen LogP contribution in [0.3, 0.4) is 0 Å². The van der Waals surface area contributed by atoms with E-state index in [2.05, 4.69) is 20.3 Å². The Morgan fingerprint density at radius 2 is 1.85 bits per heavy atom. The van der Waals surface area contributed by atoms with Crippen LogP contribution in [0.1, 0.15) is 39.6 Å². The zero-order valence-electron chi connectivity index (χ0n) is 14.4. The van der Waals surface area contributed by atoms with Gasteiger partial charge >= 0.3 is 6.18 Å². The SMILES string of the molecule is Cc1cnc(-c2cccc(C(=O)N[C@H](C)c3cnc(C(F)(F)F)nc3)c2)s1. The Balaban J connectivity index is 1.73. The standard InChI is InChI=1S/C18H15F3N4OS/c1-10-7-22-16(27-10)13-5-3-4-12(6-13)15(26)25-11(2)14-8-23-17(24-9-14)18(19,20)21/h3-9,11H,1-2H3,(H,25,26)/t11-/m1/s1. The van der Waals surface area contributed by atoms with Gasteiger partial charge in [-0.15, -0.1) is 11.3 Å². The Bertz CT molecular complexity index is 954. The molecule has 0 unspecified atom stereocenters. The number of rotatable bonds is 4. The third-order valence-electron chi connectivity index (χ3n) is 3.77.